The summed E-state index contributed by atoms with van der Waals surface area (Å²) in [6, 6.07) is 5.02. The van der Waals surface area contributed by atoms with Gasteiger partial charge in [0.1, 0.15) is 0 Å². The molecule has 0 radical (unpaired) electrons. The van der Waals surface area contributed by atoms with Gasteiger partial charge < -0.3 is 10.5 Å². The Hall–Kier alpha value is -0.470. The average molecular weight is 337 g/mol. The van der Waals surface area contributed by atoms with Crippen molar-refractivity contribution in [3.8, 4) is 0 Å². The van der Waals surface area contributed by atoms with Gasteiger partial charge in [0.15, 0.2) is 0 Å². The number of benzene rings is 1. The maximum Gasteiger partial charge on any atom is 0.241 e. The second-order valence-corrected chi connectivity index (χ2v) is 6.46. The van der Waals surface area contributed by atoms with Crippen molar-refractivity contribution < 1.29 is 13.2 Å². The Balaban J connectivity index is 2.97. The van der Waals surface area contributed by atoms with Gasteiger partial charge in [-0.05, 0) is 40.5 Å². The van der Waals surface area contributed by atoms with Crippen molar-refractivity contribution in [2.45, 2.75) is 24.5 Å². The smallest absolute Gasteiger partial charge is 0.241 e. The van der Waals surface area contributed by atoms with E-state index in [4.69, 9.17) is 10.5 Å². The van der Waals surface area contributed by atoms with Gasteiger partial charge in [-0.3, -0.25) is 0 Å². The summed E-state index contributed by atoms with van der Waals surface area (Å²) in [6.45, 7) is 2.30. The first kappa shape index (κ1) is 15.6. The maximum atomic E-state index is 12.1. The topological polar surface area (TPSA) is 81.4 Å². The third-order valence-electron chi connectivity index (χ3n) is 2.48. The lowest BCUT2D eigenvalue weighted by atomic mass is 10.2. The molecule has 0 saturated heterocycles. The minimum Gasteiger partial charge on any atom is -0.380 e. The molecule has 0 amide bonds. The standard InChI is InChI=1S/C11H17BrN2O3S/c1-8(17-2)7-14-18(15,16)11-5-9(6-13)3-4-10(11)12/h3-5,8,14H,6-7,13H2,1-2H3. The van der Waals surface area contributed by atoms with Gasteiger partial charge >= 0.3 is 0 Å². The zero-order valence-corrected chi connectivity index (χ0v) is 12.7. The largest absolute Gasteiger partial charge is 0.380 e. The molecule has 0 aromatic heterocycles. The minimum atomic E-state index is -3.56. The van der Waals surface area contributed by atoms with E-state index in [-0.39, 0.29) is 17.5 Å². The highest BCUT2D eigenvalue weighted by Crippen LogP contribution is 2.23. The van der Waals surface area contributed by atoms with E-state index in [1.54, 1.807) is 25.1 Å². The van der Waals surface area contributed by atoms with Crippen LogP contribution < -0.4 is 10.5 Å². The molecule has 1 aromatic rings. The van der Waals surface area contributed by atoms with E-state index >= 15 is 0 Å². The second kappa shape index (κ2) is 6.63. The van der Waals surface area contributed by atoms with Gasteiger partial charge in [-0.25, -0.2) is 13.1 Å². The van der Waals surface area contributed by atoms with E-state index in [9.17, 15) is 8.42 Å². The van der Waals surface area contributed by atoms with Crippen molar-refractivity contribution in [1.29, 1.82) is 0 Å². The van der Waals surface area contributed by atoms with E-state index in [0.29, 0.717) is 11.0 Å². The summed E-state index contributed by atoms with van der Waals surface area (Å²) >= 11 is 3.23. The lowest BCUT2D eigenvalue weighted by molar-refractivity contribution is 0.122. The van der Waals surface area contributed by atoms with Crippen LogP contribution in [0.5, 0.6) is 0 Å². The number of ether oxygens (including phenoxy) is 1. The molecule has 0 aliphatic rings. The fourth-order valence-corrected chi connectivity index (χ4v) is 3.40. The highest BCUT2D eigenvalue weighted by atomic mass is 79.9. The van der Waals surface area contributed by atoms with Gasteiger partial charge in [-0.2, -0.15) is 0 Å². The molecule has 0 saturated carbocycles. The van der Waals surface area contributed by atoms with Gasteiger partial charge in [-0.1, -0.05) is 6.07 Å². The van der Waals surface area contributed by atoms with E-state index in [2.05, 4.69) is 20.7 Å². The highest BCUT2D eigenvalue weighted by molar-refractivity contribution is 9.10. The van der Waals surface area contributed by atoms with Crippen LogP contribution in [-0.2, 0) is 21.3 Å². The molecule has 1 atom stereocenters. The highest BCUT2D eigenvalue weighted by Gasteiger charge is 2.18. The molecule has 1 unspecified atom stereocenters. The first-order chi connectivity index (χ1) is 8.40. The van der Waals surface area contributed by atoms with E-state index in [0.717, 1.165) is 5.56 Å². The number of methoxy groups -OCH3 is 1. The van der Waals surface area contributed by atoms with Crippen molar-refractivity contribution in [1.82, 2.24) is 4.72 Å². The number of sulfonamides is 1. The molecule has 7 heteroatoms. The first-order valence-corrected chi connectivity index (χ1v) is 7.69. The Morgan fingerprint density at radius 3 is 2.72 bits per heavy atom. The number of rotatable bonds is 6. The Morgan fingerprint density at radius 2 is 2.17 bits per heavy atom. The molecule has 0 heterocycles. The van der Waals surface area contributed by atoms with Gasteiger partial charge in [-0.15, -0.1) is 0 Å². The molecule has 18 heavy (non-hydrogen) atoms. The molecule has 3 N–H and O–H groups in total. The monoisotopic (exact) mass is 336 g/mol. The minimum absolute atomic E-state index is 0.184. The number of hydrogen-bond donors (Lipinski definition) is 2. The molecule has 1 rings (SSSR count). The summed E-state index contributed by atoms with van der Waals surface area (Å²) in [5.41, 5.74) is 6.27. The average Bonchev–Trinajstić information content (AvgIpc) is 2.36. The van der Waals surface area contributed by atoms with Crippen LogP contribution in [0.1, 0.15) is 12.5 Å². The third-order valence-corrected chi connectivity index (χ3v) is 4.90. The number of hydrogen-bond acceptors (Lipinski definition) is 4. The van der Waals surface area contributed by atoms with Crippen LogP contribution in [0.4, 0.5) is 0 Å². The van der Waals surface area contributed by atoms with Crippen LogP contribution in [-0.4, -0.2) is 28.2 Å². The van der Waals surface area contributed by atoms with Gasteiger partial charge in [0, 0.05) is 24.7 Å². The summed E-state index contributed by atoms with van der Waals surface area (Å²) in [5, 5.41) is 0. The Labute approximate surface area is 116 Å². The van der Waals surface area contributed by atoms with Crippen LogP contribution in [0, 0.1) is 0 Å². The van der Waals surface area contributed by atoms with Crippen LogP contribution in [0.3, 0.4) is 0 Å². The fourth-order valence-electron chi connectivity index (χ4n) is 1.27. The van der Waals surface area contributed by atoms with Crippen molar-refractivity contribution in [3.63, 3.8) is 0 Å². The molecular weight excluding hydrogens is 320 g/mol. The summed E-state index contributed by atoms with van der Waals surface area (Å²) < 4.78 is 32.2. The van der Waals surface area contributed by atoms with E-state index in [1.165, 1.54) is 7.11 Å². The molecule has 1 aromatic carbocycles. The van der Waals surface area contributed by atoms with Gasteiger partial charge in [0.05, 0.1) is 11.0 Å². The first-order valence-electron chi connectivity index (χ1n) is 5.41. The van der Waals surface area contributed by atoms with Crippen LogP contribution in [0.25, 0.3) is 0 Å². The SMILES string of the molecule is COC(C)CNS(=O)(=O)c1cc(CN)ccc1Br. The normalized spacial score (nSPS) is 13.6. The fraction of sp³-hybridized carbons (Fsp3) is 0.455. The lowest BCUT2D eigenvalue weighted by Gasteiger charge is -2.13. The number of nitrogens with one attached hydrogen (secondary N) is 1. The van der Waals surface area contributed by atoms with Gasteiger partial charge in [0.2, 0.25) is 10.0 Å². The van der Waals surface area contributed by atoms with Gasteiger partial charge in [0.25, 0.3) is 0 Å². The number of nitrogens with two attached hydrogens (primary N) is 1. The molecule has 0 fully saturated rings. The van der Waals surface area contributed by atoms with Crippen LogP contribution >= 0.6 is 15.9 Å². The Kier molecular flexibility index (Phi) is 5.74. The molecule has 5 nitrogen and oxygen atoms in total. The summed E-state index contributed by atoms with van der Waals surface area (Å²) in [5.74, 6) is 0. The Bertz CT molecular complexity index is 505. The van der Waals surface area contributed by atoms with Crippen LogP contribution in [0.15, 0.2) is 27.6 Å². The quantitative estimate of drug-likeness (QED) is 0.818. The molecule has 0 bridgehead atoms. The van der Waals surface area contributed by atoms with Crippen molar-refractivity contribution in [2.75, 3.05) is 13.7 Å². The predicted octanol–water partition coefficient (Wildman–Crippen LogP) is 1.22. The molecule has 0 aliphatic carbocycles. The van der Waals surface area contributed by atoms with Crippen molar-refractivity contribution >= 4 is 26.0 Å². The third kappa shape index (κ3) is 4.03. The van der Waals surface area contributed by atoms with Crippen molar-refractivity contribution in [2.24, 2.45) is 5.73 Å². The number of halogens is 1. The Morgan fingerprint density at radius 1 is 1.50 bits per heavy atom. The molecule has 102 valence electrons. The van der Waals surface area contributed by atoms with E-state index in [1.807, 2.05) is 0 Å². The molecule has 0 aliphatic heterocycles. The van der Waals surface area contributed by atoms with E-state index < -0.39 is 10.0 Å². The molecular formula is C11H17BrN2O3S. The zero-order chi connectivity index (χ0) is 13.8. The second-order valence-electron chi connectivity index (χ2n) is 3.87. The van der Waals surface area contributed by atoms with Crippen LogP contribution in [0.2, 0.25) is 0 Å². The zero-order valence-electron chi connectivity index (χ0n) is 10.3. The summed E-state index contributed by atoms with van der Waals surface area (Å²) in [7, 11) is -2.03. The summed E-state index contributed by atoms with van der Waals surface area (Å²) in [4.78, 5) is 0.189. The molecule has 0 spiro atoms. The predicted molar refractivity (Wildman–Crippen MR) is 73.7 cm³/mol. The summed E-state index contributed by atoms with van der Waals surface area (Å²) in [6.07, 6.45) is -0.184. The van der Waals surface area contributed by atoms with Crippen molar-refractivity contribution in [3.05, 3.63) is 28.2 Å². The lowest BCUT2D eigenvalue weighted by Crippen LogP contribution is -2.31. The maximum absolute atomic E-state index is 12.1.